The van der Waals surface area contributed by atoms with Crippen LogP contribution in [0.1, 0.15) is 38.2 Å². The van der Waals surface area contributed by atoms with Gasteiger partial charge < -0.3 is 14.7 Å². The van der Waals surface area contributed by atoms with Crippen molar-refractivity contribution in [2.75, 3.05) is 31.6 Å². The number of methoxy groups -OCH3 is 1. The van der Waals surface area contributed by atoms with Crippen molar-refractivity contribution in [1.29, 1.82) is 0 Å². The number of terminal acetylenes is 1. The largest absolute Gasteiger partial charge is 0.508 e. The minimum atomic E-state index is -0.518. The number of hydrogen-bond donors (Lipinski definition) is 1. The molecule has 4 aromatic rings. The van der Waals surface area contributed by atoms with Crippen molar-refractivity contribution >= 4 is 27.5 Å². The number of ether oxygens (including phenoxy) is 1. The highest BCUT2D eigenvalue weighted by Gasteiger charge is 2.34. The quantitative estimate of drug-likeness (QED) is 0.344. The Morgan fingerprint density at radius 2 is 2.00 bits per heavy atom. The fraction of sp³-hybridized carbons (Fsp3) is 0.387. The SMILES string of the molecule is C#Cc1c(F)ccc2cc(O)cc(-c3cc4nc(OC)ncc4c(N4CCC4C)n3)c12.FC1CC2CCCN2C1. The molecule has 7 rings (SSSR count). The molecule has 2 aromatic heterocycles. The highest BCUT2D eigenvalue weighted by Crippen LogP contribution is 2.39. The zero-order chi connectivity index (χ0) is 28.0. The number of benzene rings is 2. The van der Waals surface area contributed by atoms with Crippen LogP contribution in [0.4, 0.5) is 14.6 Å². The van der Waals surface area contributed by atoms with Gasteiger partial charge in [0.1, 0.15) is 23.6 Å². The Balaban J connectivity index is 0.000000271. The number of nitrogens with zero attached hydrogens (tertiary/aromatic N) is 5. The van der Waals surface area contributed by atoms with Crippen molar-refractivity contribution in [1.82, 2.24) is 19.9 Å². The number of hydrogen-bond acceptors (Lipinski definition) is 7. The van der Waals surface area contributed by atoms with Crippen LogP contribution in [0.15, 0.2) is 36.5 Å². The van der Waals surface area contributed by atoms with E-state index in [1.165, 1.54) is 26.0 Å². The van der Waals surface area contributed by atoms with E-state index in [1.807, 2.05) is 0 Å². The third-order valence-corrected chi connectivity index (χ3v) is 8.24. The van der Waals surface area contributed by atoms with Crippen LogP contribution < -0.4 is 9.64 Å². The molecular weight excluding hydrogens is 512 g/mol. The van der Waals surface area contributed by atoms with Gasteiger partial charge in [0, 0.05) is 42.3 Å². The van der Waals surface area contributed by atoms with Gasteiger partial charge in [-0.25, -0.2) is 18.7 Å². The molecule has 40 heavy (non-hydrogen) atoms. The fourth-order valence-corrected chi connectivity index (χ4v) is 6.08. The summed E-state index contributed by atoms with van der Waals surface area (Å²) in [6, 6.07) is 8.98. The lowest BCUT2D eigenvalue weighted by molar-refractivity contribution is 0.292. The van der Waals surface area contributed by atoms with Crippen LogP contribution in [0.2, 0.25) is 0 Å². The molecule has 2 aromatic carbocycles. The minimum Gasteiger partial charge on any atom is -0.508 e. The number of phenolic OH excluding ortho intramolecular Hbond substituents is 1. The number of halogens is 2. The van der Waals surface area contributed by atoms with E-state index in [0.29, 0.717) is 46.2 Å². The molecule has 3 atom stereocenters. The van der Waals surface area contributed by atoms with Crippen molar-refractivity contribution < 1.29 is 18.6 Å². The van der Waals surface area contributed by atoms with Crippen molar-refractivity contribution in [2.45, 2.75) is 50.9 Å². The molecule has 0 spiro atoms. The number of pyridine rings is 1. The van der Waals surface area contributed by atoms with E-state index in [1.54, 1.807) is 30.5 Å². The van der Waals surface area contributed by atoms with Crippen molar-refractivity contribution in [3.05, 3.63) is 47.9 Å². The Morgan fingerprint density at radius 3 is 2.70 bits per heavy atom. The first-order valence-corrected chi connectivity index (χ1v) is 13.6. The second kappa shape index (κ2) is 10.5. The first-order valence-electron chi connectivity index (χ1n) is 13.6. The molecule has 0 radical (unpaired) electrons. The summed E-state index contributed by atoms with van der Waals surface area (Å²) in [5.74, 6) is 2.73. The molecule has 0 bridgehead atoms. The van der Waals surface area contributed by atoms with Gasteiger partial charge in [-0.05, 0) is 68.8 Å². The second-order valence-corrected chi connectivity index (χ2v) is 10.7. The van der Waals surface area contributed by atoms with Crippen molar-refractivity contribution in [2.24, 2.45) is 0 Å². The summed E-state index contributed by atoms with van der Waals surface area (Å²) < 4.78 is 32.3. The van der Waals surface area contributed by atoms with E-state index in [-0.39, 0.29) is 17.3 Å². The van der Waals surface area contributed by atoms with Crippen LogP contribution in [-0.2, 0) is 0 Å². The normalized spacial score (nSPS) is 22.0. The molecule has 3 aliphatic rings. The van der Waals surface area contributed by atoms with Crippen molar-refractivity contribution in [3.8, 4) is 35.4 Å². The maximum Gasteiger partial charge on any atom is 0.316 e. The Bertz CT molecular complexity index is 1630. The van der Waals surface area contributed by atoms with Gasteiger partial charge in [-0.15, -0.1) is 6.42 Å². The van der Waals surface area contributed by atoms with Crippen LogP contribution in [0, 0.1) is 18.2 Å². The first-order chi connectivity index (χ1) is 19.4. The number of aromatic nitrogens is 3. The van der Waals surface area contributed by atoms with E-state index >= 15 is 0 Å². The van der Waals surface area contributed by atoms with Gasteiger partial charge in [-0.3, -0.25) is 4.90 Å². The Morgan fingerprint density at radius 1 is 1.15 bits per heavy atom. The van der Waals surface area contributed by atoms with E-state index in [4.69, 9.17) is 16.1 Å². The number of aromatic hydroxyl groups is 1. The van der Waals surface area contributed by atoms with Crippen LogP contribution in [0.3, 0.4) is 0 Å². The summed E-state index contributed by atoms with van der Waals surface area (Å²) in [4.78, 5) is 18.1. The van der Waals surface area contributed by atoms with Gasteiger partial charge in [0.2, 0.25) is 0 Å². The smallest absolute Gasteiger partial charge is 0.316 e. The Labute approximate surface area is 231 Å². The summed E-state index contributed by atoms with van der Waals surface area (Å²) in [6.07, 6.45) is 11.2. The standard InChI is InChI=1S/C24H19FN4O2.C7H12FN/c1-4-16-19(25)6-5-14-9-15(30)10-17(22(14)16)20-11-21-18(12-26-24(28-21)31-3)23(27-20)29-8-7-13(29)2;8-6-4-7-2-1-3-9(7)5-6/h1,5-6,9-13,30H,7-8H2,2-3H3;6-7H,1-5H2. The third kappa shape index (κ3) is 4.66. The molecule has 1 N–H and O–H groups in total. The van der Waals surface area contributed by atoms with Crippen molar-refractivity contribution in [3.63, 3.8) is 0 Å². The summed E-state index contributed by atoms with van der Waals surface area (Å²) in [5, 5.41) is 12.3. The number of anilines is 1. The molecule has 3 saturated heterocycles. The van der Waals surface area contributed by atoms with E-state index in [9.17, 15) is 13.9 Å². The summed E-state index contributed by atoms with van der Waals surface area (Å²) in [5.41, 5.74) is 1.84. The lowest BCUT2D eigenvalue weighted by Gasteiger charge is -2.40. The molecular formula is C31H31F2N5O2. The predicted octanol–water partition coefficient (Wildman–Crippen LogP) is 5.47. The molecule has 5 heterocycles. The van der Waals surface area contributed by atoms with E-state index in [2.05, 4.69) is 32.6 Å². The molecule has 3 fully saturated rings. The van der Waals surface area contributed by atoms with Gasteiger partial charge in [-0.2, -0.15) is 4.98 Å². The monoisotopic (exact) mass is 543 g/mol. The van der Waals surface area contributed by atoms with E-state index < -0.39 is 12.0 Å². The zero-order valence-corrected chi connectivity index (χ0v) is 22.6. The molecule has 206 valence electrons. The van der Waals surface area contributed by atoms with E-state index in [0.717, 1.165) is 37.1 Å². The highest BCUT2D eigenvalue weighted by atomic mass is 19.1. The molecule has 0 aliphatic carbocycles. The first kappa shape index (κ1) is 26.2. The zero-order valence-electron chi connectivity index (χ0n) is 22.6. The number of rotatable bonds is 3. The summed E-state index contributed by atoms with van der Waals surface area (Å²) in [6.45, 7) is 4.85. The molecule has 3 unspecified atom stereocenters. The fourth-order valence-electron chi connectivity index (χ4n) is 6.08. The van der Waals surface area contributed by atoms with Gasteiger partial charge in [0.15, 0.2) is 0 Å². The van der Waals surface area contributed by atoms with Gasteiger partial charge in [0.25, 0.3) is 0 Å². The van der Waals surface area contributed by atoms with Gasteiger partial charge >= 0.3 is 6.01 Å². The number of fused-ring (bicyclic) bond motifs is 3. The van der Waals surface area contributed by atoms with Gasteiger partial charge in [-0.1, -0.05) is 12.0 Å². The van der Waals surface area contributed by atoms with Gasteiger partial charge in [0.05, 0.1) is 29.3 Å². The van der Waals surface area contributed by atoms with Crippen LogP contribution in [0.25, 0.3) is 32.9 Å². The Hall–Kier alpha value is -4.03. The molecule has 0 amide bonds. The number of phenols is 1. The van der Waals surface area contributed by atoms with Crippen LogP contribution in [-0.4, -0.2) is 70.0 Å². The highest BCUT2D eigenvalue weighted by molar-refractivity contribution is 6.03. The topological polar surface area (TPSA) is 74.6 Å². The average molecular weight is 544 g/mol. The lowest BCUT2D eigenvalue weighted by atomic mass is 9.95. The molecule has 7 nitrogen and oxygen atoms in total. The maximum atomic E-state index is 14.5. The third-order valence-electron chi connectivity index (χ3n) is 8.24. The number of alkyl halides is 1. The molecule has 3 aliphatic heterocycles. The molecule has 9 heteroatoms. The average Bonchev–Trinajstić information content (AvgIpc) is 3.52. The van der Waals surface area contributed by atoms with Crippen LogP contribution in [0.5, 0.6) is 11.8 Å². The summed E-state index contributed by atoms with van der Waals surface area (Å²) >= 11 is 0. The predicted molar refractivity (Wildman–Crippen MR) is 152 cm³/mol. The minimum absolute atomic E-state index is 0.0399. The second-order valence-electron chi connectivity index (χ2n) is 10.7. The summed E-state index contributed by atoms with van der Waals surface area (Å²) in [7, 11) is 1.51. The Kier molecular flexibility index (Phi) is 6.88. The molecule has 0 saturated carbocycles. The maximum absolute atomic E-state index is 14.5. The lowest BCUT2D eigenvalue weighted by Crippen LogP contribution is -2.46. The van der Waals surface area contributed by atoms with Crippen LogP contribution >= 0.6 is 0 Å².